The molecule has 73 heavy (non-hydrogen) atoms. The summed E-state index contributed by atoms with van der Waals surface area (Å²) in [7, 11) is 0. The summed E-state index contributed by atoms with van der Waals surface area (Å²) in [4.78, 5) is 50.0. The number of carboxylic acids is 1. The van der Waals surface area contributed by atoms with Crippen molar-refractivity contribution in [1.82, 2.24) is 44.1 Å². The Morgan fingerprint density at radius 2 is 1.07 bits per heavy atom. The number of carboxylic acid groups (broad SMARTS) is 1. The predicted octanol–water partition coefficient (Wildman–Crippen LogP) is 9.10. The van der Waals surface area contributed by atoms with Crippen molar-refractivity contribution in [2.24, 2.45) is 0 Å². The van der Waals surface area contributed by atoms with Crippen LogP contribution in [0.25, 0.3) is 33.8 Å². The number of carbonyl (C=O) groups is 2. The zero-order chi connectivity index (χ0) is 50.1. The van der Waals surface area contributed by atoms with E-state index in [1.54, 1.807) is 41.3 Å². The molecule has 12 rings (SSSR count). The van der Waals surface area contributed by atoms with Crippen LogP contribution >= 0.6 is 0 Å². The summed E-state index contributed by atoms with van der Waals surface area (Å²) in [6.07, 6.45) is 17.2. The van der Waals surface area contributed by atoms with E-state index in [2.05, 4.69) is 75.1 Å². The maximum atomic E-state index is 13.0. The van der Waals surface area contributed by atoms with Crippen molar-refractivity contribution >= 4 is 34.8 Å². The summed E-state index contributed by atoms with van der Waals surface area (Å²) in [6, 6.07) is 32.1. The number of fused-ring (bicyclic) bond motifs is 2. The minimum Gasteiger partial charge on any atom is -0.478 e. The number of anilines is 2. The number of ether oxygens (including phenoxy) is 2. The molecule has 0 radical (unpaired) electrons. The lowest BCUT2D eigenvalue weighted by molar-refractivity contribution is 0.0303. The number of aromatic carboxylic acids is 1. The Morgan fingerprint density at radius 1 is 0.575 bits per heavy atom. The number of hydrogen-bond donors (Lipinski definition) is 1. The lowest BCUT2D eigenvalue weighted by Crippen LogP contribution is -2.40. The van der Waals surface area contributed by atoms with Crippen LogP contribution in [0.2, 0.25) is 0 Å². The molecule has 4 saturated heterocycles. The highest BCUT2D eigenvalue weighted by Gasteiger charge is 2.24. The fourth-order valence-corrected chi connectivity index (χ4v) is 10.2. The highest BCUT2D eigenvalue weighted by atomic mass is 16.5. The Labute approximate surface area is 425 Å². The minimum absolute atomic E-state index is 0.0289. The van der Waals surface area contributed by atoms with Gasteiger partial charge in [-0.05, 0) is 119 Å². The van der Waals surface area contributed by atoms with E-state index in [0.717, 1.165) is 88.6 Å². The van der Waals surface area contributed by atoms with E-state index in [-0.39, 0.29) is 11.5 Å². The molecule has 16 nitrogen and oxygen atoms in total. The monoisotopic (exact) mass is 982 g/mol. The van der Waals surface area contributed by atoms with Gasteiger partial charge in [0.1, 0.15) is 11.6 Å². The van der Waals surface area contributed by atoms with Gasteiger partial charge in [0.25, 0.3) is 5.91 Å². The molecule has 2 aromatic carbocycles. The third-order valence-corrected chi connectivity index (χ3v) is 14.1. The van der Waals surface area contributed by atoms with Crippen molar-refractivity contribution < 1.29 is 24.2 Å². The second-order valence-electron chi connectivity index (χ2n) is 19.2. The first-order valence-corrected chi connectivity index (χ1v) is 25.7. The molecule has 0 aliphatic carbocycles. The molecule has 4 aliphatic heterocycles. The maximum absolute atomic E-state index is 13.0. The van der Waals surface area contributed by atoms with Crippen LogP contribution in [0.1, 0.15) is 102 Å². The van der Waals surface area contributed by atoms with Crippen LogP contribution in [0.3, 0.4) is 0 Å². The number of aromatic nitrogens is 8. The largest absolute Gasteiger partial charge is 0.478 e. The van der Waals surface area contributed by atoms with Crippen molar-refractivity contribution in [3.63, 3.8) is 0 Å². The van der Waals surface area contributed by atoms with E-state index in [1.165, 1.54) is 44.9 Å². The normalized spacial score (nSPS) is 17.8. The molecule has 0 bridgehead atoms. The lowest BCUT2D eigenvalue weighted by atomic mass is 10.0. The van der Waals surface area contributed by atoms with Gasteiger partial charge < -0.3 is 29.3 Å². The van der Waals surface area contributed by atoms with Crippen LogP contribution in [0.4, 0.5) is 11.6 Å². The van der Waals surface area contributed by atoms with Crippen molar-refractivity contribution in [3.8, 4) is 22.5 Å². The third kappa shape index (κ3) is 11.7. The highest BCUT2D eigenvalue weighted by Crippen LogP contribution is 2.29. The zero-order valence-electron chi connectivity index (χ0n) is 41.7. The molecule has 16 heteroatoms. The Kier molecular flexibility index (Phi) is 15.4. The molecule has 10 heterocycles. The first-order chi connectivity index (χ1) is 35.7. The molecule has 0 spiro atoms. The fourth-order valence-electron chi connectivity index (χ4n) is 10.2. The van der Waals surface area contributed by atoms with E-state index in [4.69, 9.17) is 24.5 Å². The van der Waals surface area contributed by atoms with Crippen molar-refractivity contribution in [2.45, 2.75) is 83.7 Å². The smallest absolute Gasteiger partial charge is 0.335 e. The Balaban J connectivity index is 0.000000151. The Bertz CT molecular complexity index is 3170. The van der Waals surface area contributed by atoms with Gasteiger partial charge in [0.2, 0.25) is 0 Å². The van der Waals surface area contributed by atoms with Crippen molar-refractivity contribution in [3.05, 3.63) is 155 Å². The molecule has 2 atom stereocenters. The van der Waals surface area contributed by atoms with E-state index < -0.39 is 5.97 Å². The molecule has 4 aliphatic rings. The molecule has 376 valence electrons. The number of nitrogens with zero attached hydrogens (tertiary/aromatic N) is 11. The van der Waals surface area contributed by atoms with Crippen LogP contribution in [0.5, 0.6) is 0 Å². The number of benzene rings is 2. The van der Waals surface area contributed by atoms with E-state index in [9.17, 15) is 14.7 Å². The van der Waals surface area contributed by atoms with E-state index in [0.29, 0.717) is 62.5 Å². The van der Waals surface area contributed by atoms with Gasteiger partial charge >= 0.3 is 5.97 Å². The number of hydrogen-bond acceptors (Lipinski definition) is 12. The SMILES string of the molecule is C1CCOCC1.CC1CCCN1c1cccc(Cc2cc(-c3cccc(C(=O)N4CCOCC4)c3)nn3ccnc23)n1.CC1CCCN1c1cccc(Cc2cc(-c3cccc(C(=O)O)c3)nn3ccnc23)n1. The summed E-state index contributed by atoms with van der Waals surface area (Å²) < 4.78 is 14.0. The number of carbonyl (C=O) groups excluding carboxylic acids is 1. The van der Waals surface area contributed by atoms with Gasteiger partial charge in [-0.15, -0.1) is 0 Å². The average Bonchev–Trinajstić information content (AvgIpc) is 4.29. The van der Waals surface area contributed by atoms with Gasteiger partial charge in [0.15, 0.2) is 11.3 Å². The molecule has 1 N–H and O–H groups in total. The van der Waals surface area contributed by atoms with E-state index in [1.807, 2.05) is 58.1 Å². The van der Waals surface area contributed by atoms with Gasteiger partial charge in [-0.1, -0.05) is 36.4 Å². The third-order valence-electron chi connectivity index (χ3n) is 14.1. The van der Waals surface area contributed by atoms with E-state index >= 15 is 0 Å². The number of amides is 1. The predicted molar refractivity (Wildman–Crippen MR) is 281 cm³/mol. The summed E-state index contributed by atoms with van der Waals surface area (Å²) >= 11 is 0. The molecule has 0 saturated carbocycles. The van der Waals surface area contributed by atoms with Crippen molar-refractivity contribution in [1.29, 1.82) is 0 Å². The van der Waals surface area contributed by atoms with Gasteiger partial charge in [-0.3, -0.25) is 4.79 Å². The summed E-state index contributed by atoms with van der Waals surface area (Å²) in [5.74, 6) is 1.13. The highest BCUT2D eigenvalue weighted by molar-refractivity contribution is 5.95. The first kappa shape index (κ1) is 49.0. The topological polar surface area (TPSA) is 169 Å². The molecular formula is C57H63N11O5. The molecule has 1 amide bonds. The number of morpholine rings is 1. The molecular weight excluding hydrogens is 919 g/mol. The second-order valence-corrected chi connectivity index (χ2v) is 19.2. The van der Waals surface area contributed by atoms with Gasteiger partial charge in [0, 0.05) is 128 Å². The Morgan fingerprint density at radius 3 is 1.53 bits per heavy atom. The van der Waals surface area contributed by atoms with Crippen LogP contribution in [-0.2, 0) is 22.3 Å². The van der Waals surface area contributed by atoms with Crippen molar-refractivity contribution in [2.75, 3.05) is 62.4 Å². The molecule has 2 unspecified atom stereocenters. The van der Waals surface area contributed by atoms with Gasteiger partial charge in [0.05, 0.1) is 30.2 Å². The molecule has 4 fully saturated rings. The lowest BCUT2D eigenvalue weighted by Gasteiger charge is -2.27. The van der Waals surface area contributed by atoms with Gasteiger partial charge in [-0.25, -0.2) is 33.8 Å². The number of imidazole rings is 2. The van der Waals surface area contributed by atoms with Crippen LogP contribution in [-0.4, -0.2) is 126 Å². The quantitative estimate of drug-likeness (QED) is 0.138. The molecule has 6 aromatic heterocycles. The summed E-state index contributed by atoms with van der Waals surface area (Å²) in [6.45, 7) is 11.0. The molecule has 8 aromatic rings. The van der Waals surface area contributed by atoms with Crippen LogP contribution < -0.4 is 9.80 Å². The summed E-state index contributed by atoms with van der Waals surface area (Å²) in [5.41, 5.74) is 9.68. The second kappa shape index (κ2) is 22.9. The van der Waals surface area contributed by atoms with Gasteiger partial charge in [-0.2, -0.15) is 10.2 Å². The number of rotatable bonds is 10. The van der Waals surface area contributed by atoms with Crippen LogP contribution in [0, 0.1) is 0 Å². The minimum atomic E-state index is -0.956. The standard InChI is InChI=1S/C28H30N6O2.C24H23N5O2.C5H10O/c1-20-5-4-11-33(20)26-9-3-8-24(30-26)18-23-19-25(31-34-12-10-29-27(23)34)21-6-2-7-22(17-21)28(35)32-13-15-36-16-14-32;1-16-5-4-11-28(16)22-9-3-8-20(26-22)14-19-15-21(27-29-12-10-25-23(19)29)17-6-2-7-18(13-17)24(30)31;1-2-4-6-5-3-1/h2-3,6-10,12,17,19-20H,4-5,11,13-16,18H2,1H3;2-3,6-10,12-13,15-16H,4-5,11,14H2,1H3,(H,30,31);1-5H2. The fraction of sp³-hybridized carbons (Fsp3) is 0.368. The average molecular weight is 982 g/mol. The van der Waals surface area contributed by atoms with Crippen LogP contribution in [0.15, 0.2) is 122 Å². The summed E-state index contributed by atoms with van der Waals surface area (Å²) in [5, 5.41) is 18.8. The Hall–Kier alpha value is -7.56. The zero-order valence-corrected chi connectivity index (χ0v) is 41.7. The maximum Gasteiger partial charge on any atom is 0.335 e. The number of pyridine rings is 2. The first-order valence-electron chi connectivity index (χ1n) is 25.7.